The van der Waals surface area contributed by atoms with Gasteiger partial charge in [-0.05, 0) is 31.6 Å². The van der Waals surface area contributed by atoms with E-state index < -0.39 is 5.69 Å². The maximum absolute atomic E-state index is 13.0. The fraction of sp³-hybridized carbons (Fsp3) is 0.333. The number of fused-ring (bicyclic) bond motifs is 1. The van der Waals surface area contributed by atoms with E-state index in [0.717, 1.165) is 4.88 Å². The van der Waals surface area contributed by atoms with E-state index in [1.807, 2.05) is 36.5 Å². The molecule has 26 heavy (non-hydrogen) atoms. The minimum atomic E-state index is -0.446. The molecule has 138 valence electrons. The summed E-state index contributed by atoms with van der Waals surface area (Å²) < 4.78 is 11.7. The first-order valence-corrected chi connectivity index (χ1v) is 8.93. The maximum atomic E-state index is 13.0. The molecule has 0 unspecified atom stereocenters. The Morgan fingerprint density at radius 2 is 1.88 bits per heavy atom. The van der Waals surface area contributed by atoms with Gasteiger partial charge in [0.2, 0.25) is 0 Å². The number of rotatable bonds is 6. The summed E-state index contributed by atoms with van der Waals surface area (Å²) in [6.45, 7) is 0.256. The minimum Gasteiger partial charge on any atom is -0.493 e. The van der Waals surface area contributed by atoms with Crippen LogP contribution in [0.4, 0.5) is 0 Å². The Bertz CT molecular complexity index is 1020. The Labute approximate surface area is 154 Å². The number of aromatic nitrogens is 2. The Morgan fingerprint density at radius 3 is 2.46 bits per heavy atom. The lowest BCUT2D eigenvalue weighted by Gasteiger charge is -2.23. The summed E-state index contributed by atoms with van der Waals surface area (Å²) in [7, 11) is 6.87. The van der Waals surface area contributed by atoms with Crippen LogP contribution in [-0.2, 0) is 6.54 Å². The third kappa shape index (κ3) is 3.25. The Kier molecular flexibility index (Phi) is 5.15. The maximum Gasteiger partial charge on any atom is 0.328 e. The monoisotopic (exact) mass is 375 g/mol. The van der Waals surface area contributed by atoms with Gasteiger partial charge in [-0.15, -0.1) is 11.3 Å². The van der Waals surface area contributed by atoms with Crippen LogP contribution in [0.1, 0.15) is 10.9 Å². The number of methoxy groups -OCH3 is 2. The molecule has 0 spiro atoms. The van der Waals surface area contributed by atoms with Crippen molar-refractivity contribution < 1.29 is 9.47 Å². The Balaban J connectivity index is 2.14. The number of ether oxygens (including phenoxy) is 2. The molecule has 0 saturated heterocycles. The molecule has 0 fully saturated rings. The van der Waals surface area contributed by atoms with Crippen LogP contribution in [0.2, 0.25) is 0 Å². The summed E-state index contributed by atoms with van der Waals surface area (Å²) in [4.78, 5) is 31.4. The molecule has 0 aliphatic rings. The predicted octanol–water partition coefficient (Wildman–Crippen LogP) is 2.07. The molecule has 3 rings (SSSR count). The SMILES string of the molecule is COc1cc2[nH]c(=O)n(C[C@@H](c3cccs3)N(C)C)c(=O)c2cc1OC. The number of H-pyrrole nitrogens is 1. The molecule has 0 bridgehead atoms. The minimum absolute atomic E-state index is 0.0774. The number of thiophene rings is 1. The third-order valence-electron chi connectivity index (χ3n) is 4.34. The van der Waals surface area contributed by atoms with E-state index in [-0.39, 0.29) is 18.1 Å². The highest BCUT2D eigenvalue weighted by atomic mass is 32.1. The highest BCUT2D eigenvalue weighted by molar-refractivity contribution is 7.10. The molecule has 8 heteroatoms. The summed E-state index contributed by atoms with van der Waals surface area (Å²) in [6, 6.07) is 7.08. The van der Waals surface area contributed by atoms with Gasteiger partial charge in [0, 0.05) is 10.9 Å². The van der Waals surface area contributed by atoms with Gasteiger partial charge >= 0.3 is 5.69 Å². The second-order valence-electron chi connectivity index (χ2n) is 6.09. The smallest absolute Gasteiger partial charge is 0.328 e. The van der Waals surface area contributed by atoms with Crippen LogP contribution in [0.3, 0.4) is 0 Å². The summed E-state index contributed by atoms with van der Waals surface area (Å²) in [6.07, 6.45) is 0. The average Bonchev–Trinajstić information content (AvgIpc) is 3.14. The summed E-state index contributed by atoms with van der Waals surface area (Å²) in [5.74, 6) is 0.899. The Hall–Kier alpha value is -2.58. The molecule has 0 amide bonds. The zero-order valence-corrected chi connectivity index (χ0v) is 15.9. The van der Waals surface area contributed by atoms with Crippen LogP contribution in [-0.4, -0.2) is 42.8 Å². The quantitative estimate of drug-likeness (QED) is 0.714. The standard InChI is InChI=1S/C18H21N3O4S/c1-20(2)13(16-6-5-7-26-16)10-21-17(22)11-8-14(24-3)15(25-4)9-12(11)19-18(21)23/h5-9,13H,10H2,1-4H3,(H,19,23)/t13-/m0/s1. The fourth-order valence-electron chi connectivity index (χ4n) is 2.91. The van der Waals surface area contributed by atoms with Gasteiger partial charge in [0.1, 0.15) is 0 Å². The van der Waals surface area contributed by atoms with Crippen molar-refractivity contribution in [3.63, 3.8) is 0 Å². The second-order valence-corrected chi connectivity index (χ2v) is 7.07. The molecule has 7 nitrogen and oxygen atoms in total. The molecule has 0 aliphatic heterocycles. The normalized spacial score (nSPS) is 12.5. The number of nitrogens with one attached hydrogen (secondary N) is 1. The van der Waals surface area contributed by atoms with Gasteiger partial charge < -0.3 is 19.4 Å². The van der Waals surface area contributed by atoms with Gasteiger partial charge in [0.05, 0.1) is 37.7 Å². The van der Waals surface area contributed by atoms with Crippen LogP contribution in [0, 0.1) is 0 Å². The van der Waals surface area contributed by atoms with Crippen molar-refractivity contribution in [1.82, 2.24) is 14.5 Å². The van der Waals surface area contributed by atoms with Crippen molar-refractivity contribution in [2.45, 2.75) is 12.6 Å². The molecular formula is C18H21N3O4S. The zero-order chi connectivity index (χ0) is 18.8. The van der Waals surface area contributed by atoms with E-state index in [9.17, 15) is 9.59 Å². The largest absolute Gasteiger partial charge is 0.493 e. The molecule has 0 radical (unpaired) electrons. The molecule has 2 heterocycles. The zero-order valence-electron chi connectivity index (χ0n) is 15.1. The first kappa shape index (κ1) is 18.2. The van der Waals surface area contributed by atoms with Crippen molar-refractivity contribution >= 4 is 22.2 Å². The first-order valence-electron chi connectivity index (χ1n) is 8.05. The second kappa shape index (κ2) is 7.35. The van der Waals surface area contributed by atoms with E-state index in [0.29, 0.717) is 22.4 Å². The van der Waals surface area contributed by atoms with Crippen molar-refractivity contribution in [3.8, 4) is 11.5 Å². The number of hydrogen-bond acceptors (Lipinski definition) is 6. The number of aromatic amines is 1. The molecule has 0 saturated carbocycles. The molecule has 1 aromatic carbocycles. The van der Waals surface area contributed by atoms with E-state index in [1.165, 1.54) is 18.8 Å². The van der Waals surface area contributed by atoms with E-state index in [1.54, 1.807) is 23.5 Å². The lowest BCUT2D eigenvalue weighted by molar-refractivity contribution is 0.268. The Morgan fingerprint density at radius 1 is 1.19 bits per heavy atom. The summed E-state index contributed by atoms with van der Waals surface area (Å²) >= 11 is 1.60. The van der Waals surface area contributed by atoms with Gasteiger partial charge in [-0.2, -0.15) is 0 Å². The third-order valence-corrected chi connectivity index (χ3v) is 5.31. The number of benzene rings is 1. The topological polar surface area (TPSA) is 76.6 Å². The van der Waals surface area contributed by atoms with Crippen LogP contribution < -0.4 is 20.7 Å². The van der Waals surface area contributed by atoms with E-state index in [2.05, 4.69) is 4.98 Å². The first-order chi connectivity index (χ1) is 12.5. The summed E-state index contributed by atoms with van der Waals surface area (Å²) in [5, 5.41) is 2.36. The van der Waals surface area contributed by atoms with Gasteiger partial charge in [-0.3, -0.25) is 9.36 Å². The predicted molar refractivity (Wildman–Crippen MR) is 103 cm³/mol. The fourth-order valence-corrected chi connectivity index (χ4v) is 3.82. The molecule has 2 aromatic heterocycles. The van der Waals surface area contributed by atoms with E-state index in [4.69, 9.17) is 9.47 Å². The average molecular weight is 375 g/mol. The molecule has 1 N–H and O–H groups in total. The van der Waals surface area contributed by atoms with Crippen LogP contribution in [0.5, 0.6) is 11.5 Å². The van der Waals surface area contributed by atoms with E-state index >= 15 is 0 Å². The number of likely N-dealkylation sites (N-methyl/N-ethyl adjacent to an activating group) is 1. The molecule has 0 aliphatic carbocycles. The number of hydrogen-bond donors (Lipinski definition) is 1. The highest BCUT2D eigenvalue weighted by Gasteiger charge is 2.20. The van der Waals surface area contributed by atoms with Crippen molar-refractivity contribution in [2.24, 2.45) is 0 Å². The van der Waals surface area contributed by atoms with Gasteiger partial charge in [0.15, 0.2) is 11.5 Å². The van der Waals surface area contributed by atoms with Gasteiger partial charge in [0.25, 0.3) is 5.56 Å². The van der Waals surface area contributed by atoms with Crippen LogP contribution >= 0.6 is 11.3 Å². The van der Waals surface area contributed by atoms with Crippen molar-refractivity contribution in [2.75, 3.05) is 28.3 Å². The molecule has 1 atom stereocenters. The van der Waals surface area contributed by atoms with Gasteiger partial charge in [-0.25, -0.2) is 4.79 Å². The number of nitrogens with zero attached hydrogens (tertiary/aromatic N) is 2. The molecular weight excluding hydrogens is 354 g/mol. The van der Waals surface area contributed by atoms with Crippen molar-refractivity contribution in [3.05, 3.63) is 55.4 Å². The summed E-state index contributed by atoms with van der Waals surface area (Å²) in [5.41, 5.74) is -0.377. The van der Waals surface area contributed by atoms with Crippen LogP contribution in [0.25, 0.3) is 10.9 Å². The van der Waals surface area contributed by atoms with Crippen molar-refractivity contribution in [1.29, 1.82) is 0 Å². The van der Waals surface area contributed by atoms with Gasteiger partial charge in [-0.1, -0.05) is 6.07 Å². The van der Waals surface area contributed by atoms with Crippen LogP contribution in [0.15, 0.2) is 39.2 Å². The highest BCUT2D eigenvalue weighted by Crippen LogP contribution is 2.30. The molecule has 3 aromatic rings. The lowest BCUT2D eigenvalue weighted by Crippen LogP contribution is -2.39. The lowest BCUT2D eigenvalue weighted by atomic mass is 10.2.